The summed E-state index contributed by atoms with van der Waals surface area (Å²) in [7, 11) is 1.82. The summed E-state index contributed by atoms with van der Waals surface area (Å²) in [6.07, 6.45) is 5.14. The normalized spacial score (nSPS) is 12.3. The smallest absolute Gasteiger partial charge is 0.225 e. The van der Waals surface area contributed by atoms with Crippen molar-refractivity contribution in [1.82, 2.24) is 14.9 Å². The van der Waals surface area contributed by atoms with E-state index in [1.54, 1.807) is 41.4 Å². The Labute approximate surface area is 168 Å². The number of aromatic nitrogens is 2. The van der Waals surface area contributed by atoms with E-state index in [9.17, 15) is 9.18 Å². The molecule has 6 heteroatoms. The van der Waals surface area contributed by atoms with Crippen molar-refractivity contribution in [2.45, 2.75) is 26.3 Å². The summed E-state index contributed by atoms with van der Waals surface area (Å²) in [6, 6.07) is 9.73. The van der Waals surface area contributed by atoms with E-state index < -0.39 is 6.04 Å². The van der Waals surface area contributed by atoms with Crippen molar-refractivity contribution in [2.24, 2.45) is 7.05 Å². The number of hydrogen-bond donors (Lipinski definition) is 1. The van der Waals surface area contributed by atoms with E-state index in [0.29, 0.717) is 11.4 Å². The molecule has 0 saturated heterocycles. The molecule has 0 bridgehead atoms. The van der Waals surface area contributed by atoms with E-state index in [1.807, 2.05) is 33.0 Å². The largest absolute Gasteiger partial charge is 0.464 e. The quantitative estimate of drug-likeness (QED) is 0.550. The fourth-order valence-electron chi connectivity index (χ4n) is 3.50. The van der Waals surface area contributed by atoms with Gasteiger partial charge in [-0.15, -0.1) is 0 Å². The van der Waals surface area contributed by atoms with Gasteiger partial charge in [0.2, 0.25) is 5.91 Å². The van der Waals surface area contributed by atoms with Crippen molar-refractivity contribution in [3.63, 3.8) is 0 Å². The number of imidazole rings is 1. The van der Waals surface area contributed by atoms with Crippen LogP contribution in [0.3, 0.4) is 0 Å². The number of rotatable bonds is 5. The summed E-state index contributed by atoms with van der Waals surface area (Å²) >= 11 is 0. The lowest BCUT2D eigenvalue weighted by Crippen LogP contribution is -2.32. The number of carbonyl (C=O) groups is 1. The lowest BCUT2D eigenvalue weighted by atomic mass is 10.0. The molecule has 5 nitrogen and oxygen atoms in total. The monoisotopic (exact) mass is 391 g/mol. The molecule has 0 spiro atoms. The number of benzene rings is 2. The fraction of sp³-hybridized carbons (Fsp3) is 0.217. The summed E-state index contributed by atoms with van der Waals surface area (Å²) in [6.45, 7) is 4.05. The minimum absolute atomic E-state index is 0.130. The standard InChI is InChI=1S/C23H22FN3O2/c1-14-10-18-16(13-29-20(18)11-15(14)2)12-21(28)26-22(23-25-8-9-27(23)3)17-6-4-5-7-19(17)24/h4-11,13,22H,12H2,1-3H3,(H,26,28). The van der Waals surface area contributed by atoms with E-state index in [2.05, 4.69) is 10.3 Å². The Bertz CT molecular complexity index is 1190. The molecular formula is C23H22FN3O2. The van der Waals surface area contributed by atoms with Gasteiger partial charge in [-0.3, -0.25) is 4.79 Å². The molecule has 4 aromatic rings. The van der Waals surface area contributed by atoms with Crippen LogP contribution in [0.25, 0.3) is 11.0 Å². The van der Waals surface area contributed by atoms with Gasteiger partial charge in [0.1, 0.15) is 23.3 Å². The van der Waals surface area contributed by atoms with E-state index in [4.69, 9.17) is 4.42 Å². The second-order valence-electron chi connectivity index (χ2n) is 7.29. The molecule has 0 aliphatic rings. The molecule has 0 aliphatic carbocycles. The molecule has 0 radical (unpaired) electrons. The molecule has 0 saturated carbocycles. The average molecular weight is 391 g/mol. The predicted octanol–water partition coefficient (Wildman–Crippen LogP) is 4.37. The molecule has 2 aromatic heterocycles. The van der Waals surface area contributed by atoms with Gasteiger partial charge >= 0.3 is 0 Å². The zero-order valence-corrected chi connectivity index (χ0v) is 16.6. The molecule has 4 rings (SSSR count). The first-order valence-electron chi connectivity index (χ1n) is 9.42. The maximum absolute atomic E-state index is 14.5. The van der Waals surface area contributed by atoms with Crippen LogP contribution >= 0.6 is 0 Å². The van der Waals surface area contributed by atoms with Crippen molar-refractivity contribution in [3.8, 4) is 0 Å². The molecule has 1 amide bonds. The summed E-state index contributed by atoms with van der Waals surface area (Å²) in [5.74, 6) is -0.0604. The van der Waals surface area contributed by atoms with Crippen molar-refractivity contribution in [2.75, 3.05) is 0 Å². The number of nitrogens with one attached hydrogen (secondary N) is 1. The van der Waals surface area contributed by atoms with Crippen LogP contribution in [0.1, 0.15) is 34.1 Å². The Hall–Kier alpha value is -3.41. The van der Waals surface area contributed by atoms with Crippen LogP contribution in [-0.2, 0) is 18.3 Å². The van der Waals surface area contributed by atoms with E-state index >= 15 is 0 Å². The van der Waals surface area contributed by atoms with Crippen LogP contribution in [0, 0.1) is 19.7 Å². The first kappa shape index (κ1) is 18.9. The number of fused-ring (bicyclic) bond motifs is 1. The van der Waals surface area contributed by atoms with Crippen LogP contribution in [0.5, 0.6) is 0 Å². The highest BCUT2D eigenvalue weighted by molar-refractivity contribution is 5.88. The van der Waals surface area contributed by atoms with Gasteiger partial charge in [0.25, 0.3) is 0 Å². The number of amides is 1. The van der Waals surface area contributed by atoms with Gasteiger partial charge in [-0.05, 0) is 43.2 Å². The zero-order valence-electron chi connectivity index (χ0n) is 16.6. The highest BCUT2D eigenvalue weighted by Gasteiger charge is 2.24. The zero-order chi connectivity index (χ0) is 20.5. The minimum Gasteiger partial charge on any atom is -0.464 e. The number of carbonyl (C=O) groups excluding carboxylic acids is 1. The fourth-order valence-corrected chi connectivity index (χ4v) is 3.50. The van der Waals surface area contributed by atoms with Gasteiger partial charge in [-0.2, -0.15) is 0 Å². The van der Waals surface area contributed by atoms with E-state index in [0.717, 1.165) is 27.7 Å². The molecule has 148 valence electrons. The Morgan fingerprint density at radius 2 is 2.00 bits per heavy atom. The SMILES string of the molecule is Cc1cc2occ(CC(=O)NC(c3ccccc3F)c3nccn3C)c2cc1C. The van der Waals surface area contributed by atoms with Crippen LogP contribution in [0.4, 0.5) is 4.39 Å². The molecular weight excluding hydrogens is 369 g/mol. The molecule has 1 atom stereocenters. The topological polar surface area (TPSA) is 60.1 Å². The van der Waals surface area contributed by atoms with E-state index in [1.165, 1.54) is 6.07 Å². The molecule has 2 aromatic carbocycles. The third kappa shape index (κ3) is 3.66. The number of hydrogen-bond acceptors (Lipinski definition) is 3. The van der Waals surface area contributed by atoms with E-state index in [-0.39, 0.29) is 18.1 Å². The molecule has 1 N–H and O–H groups in total. The van der Waals surface area contributed by atoms with Crippen molar-refractivity contribution in [3.05, 3.63) is 89.0 Å². The van der Waals surface area contributed by atoms with Crippen LogP contribution in [0.15, 0.2) is 59.5 Å². The predicted molar refractivity (Wildman–Crippen MR) is 109 cm³/mol. The lowest BCUT2D eigenvalue weighted by molar-refractivity contribution is -0.121. The van der Waals surface area contributed by atoms with Crippen molar-refractivity contribution >= 4 is 16.9 Å². The minimum atomic E-state index is -0.689. The van der Waals surface area contributed by atoms with Crippen molar-refractivity contribution < 1.29 is 13.6 Å². The molecule has 29 heavy (non-hydrogen) atoms. The lowest BCUT2D eigenvalue weighted by Gasteiger charge is -2.19. The maximum atomic E-state index is 14.5. The Kier molecular flexibility index (Phi) is 4.92. The highest BCUT2D eigenvalue weighted by Crippen LogP contribution is 2.26. The first-order chi connectivity index (χ1) is 13.9. The van der Waals surface area contributed by atoms with Gasteiger partial charge in [0.05, 0.1) is 12.7 Å². The maximum Gasteiger partial charge on any atom is 0.225 e. The highest BCUT2D eigenvalue weighted by atomic mass is 19.1. The summed E-state index contributed by atoms with van der Waals surface area (Å²) < 4.78 is 21.9. The van der Waals surface area contributed by atoms with Gasteiger partial charge < -0.3 is 14.3 Å². The third-order valence-corrected chi connectivity index (χ3v) is 5.26. The molecule has 1 unspecified atom stereocenters. The average Bonchev–Trinajstić information content (AvgIpc) is 3.27. The summed E-state index contributed by atoms with van der Waals surface area (Å²) in [5.41, 5.74) is 4.20. The summed E-state index contributed by atoms with van der Waals surface area (Å²) in [5, 5.41) is 3.86. The number of halogens is 1. The second-order valence-corrected chi connectivity index (χ2v) is 7.29. The van der Waals surface area contributed by atoms with Gasteiger partial charge in [0.15, 0.2) is 0 Å². The summed E-state index contributed by atoms with van der Waals surface area (Å²) in [4.78, 5) is 17.2. The third-order valence-electron chi connectivity index (χ3n) is 5.26. The first-order valence-corrected chi connectivity index (χ1v) is 9.42. The van der Waals surface area contributed by atoms with Gasteiger partial charge in [-0.25, -0.2) is 9.37 Å². The molecule has 2 heterocycles. The van der Waals surface area contributed by atoms with Gasteiger partial charge in [0, 0.05) is 36.0 Å². The van der Waals surface area contributed by atoms with Crippen LogP contribution in [-0.4, -0.2) is 15.5 Å². The number of furan rings is 1. The van der Waals surface area contributed by atoms with Crippen LogP contribution in [0.2, 0.25) is 0 Å². The number of aryl methyl sites for hydroxylation is 3. The molecule has 0 fully saturated rings. The Morgan fingerprint density at radius 3 is 2.72 bits per heavy atom. The number of nitrogens with zero attached hydrogens (tertiary/aromatic N) is 2. The Balaban J connectivity index is 1.63. The van der Waals surface area contributed by atoms with Crippen molar-refractivity contribution in [1.29, 1.82) is 0 Å². The van der Waals surface area contributed by atoms with Gasteiger partial charge in [-0.1, -0.05) is 18.2 Å². The Morgan fingerprint density at radius 1 is 1.24 bits per heavy atom. The second kappa shape index (κ2) is 7.54. The van der Waals surface area contributed by atoms with Crippen LogP contribution < -0.4 is 5.32 Å². The molecule has 0 aliphatic heterocycles.